The molecule has 0 aromatic heterocycles. The van der Waals surface area contributed by atoms with Gasteiger partial charge in [0.1, 0.15) is 11.9 Å². The molecule has 1 atom stereocenters. The first kappa shape index (κ1) is 18.7. The third kappa shape index (κ3) is 4.28. The molecule has 3 heterocycles. The number of fused-ring (bicyclic) bond motifs is 1. The van der Waals surface area contributed by atoms with Gasteiger partial charge in [-0.15, -0.1) is 0 Å². The van der Waals surface area contributed by atoms with Crippen LogP contribution in [-0.2, 0) is 14.3 Å². The van der Waals surface area contributed by atoms with Crippen LogP contribution in [-0.4, -0.2) is 49.1 Å². The van der Waals surface area contributed by atoms with Gasteiger partial charge in [-0.2, -0.15) is 0 Å². The summed E-state index contributed by atoms with van der Waals surface area (Å²) in [6.07, 6.45) is 8.46. The predicted molar refractivity (Wildman–Crippen MR) is 105 cm³/mol. The molecular formula is C22H26N2O4. The van der Waals surface area contributed by atoms with Crippen molar-refractivity contribution in [3.05, 3.63) is 47.7 Å². The van der Waals surface area contributed by atoms with E-state index in [1.54, 1.807) is 12.3 Å². The summed E-state index contributed by atoms with van der Waals surface area (Å²) in [7, 11) is 0. The van der Waals surface area contributed by atoms with Crippen LogP contribution in [0.25, 0.3) is 6.08 Å². The van der Waals surface area contributed by atoms with Gasteiger partial charge in [0.2, 0.25) is 0 Å². The van der Waals surface area contributed by atoms with Gasteiger partial charge in [-0.1, -0.05) is 18.2 Å². The second kappa shape index (κ2) is 8.61. The van der Waals surface area contributed by atoms with Crippen LogP contribution in [0.2, 0.25) is 0 Å². The number of piperidine rings is 1. The Bertz CT molecular complexity index is 787. The van der Waals surface area contributed by atoms with E-state index in [-0.39, 0.29) is 17.9 Å². The zero-order valence-corrected chi connectivity index (χ0v) is 15.9. The Labute approximate surface area is 165 Å². The minimum absolute atomic E-state index is 0.102. The summed E-state index contributed by atoms with van der Waals surface area (Å²) in [6, 6.07) is 7.63. The molecule has 6 heteroatoms. The molecule has 0 spiro atoms. The van der Waals surface area contributed by atoms with E-state index < -0.39 is 0 Å². The number of nitrogens with zero attached hydrogens (tertiary/aromatic N) is 1. The van der Waals surface area contributed by atoms with Gasteiger partial charge in [0.25, 0.3) is 11.8 Å². The number of ether oxygens (including phenoxy) is 2. The normalized spacial score (nSPS) is 22.1. The largest absolute Gasteiger partial charge is 0.464 e. The molecule has 6 nitrogen and oxygen atoms in total. The fourth-order valence-electron chi connectivity index (χ4n) is 3.92. The SMILES string of the molecule is O=C(NCC1CCN(C(=O)C2CCCO2)CC1)C1=Cc2ccccc2OC=C1. The van der Waals surface area contributed by atoms with Crippen LogP contribution in [0, 0.1) is 5.92 Å². The van der Waals surface area contributed by atoms with Crippen molar-refractivity contribution >= 4 is 17.9 Å². The molecule has 148 valence electrons. The number of hydrogen-bond donors (Lipinski definition) is 1. The number of carbonyl (C=O) groups is 2. The lowest BCUT2D eigenvalue weighted by atomic mass is 9.96. The van der Waals surface area contributed by atoms with Crippen molar-refractivity contribution in [1.29, 1.82) is 0 Å². The molecule has 0 saturated carbocycles. The monoisotopic (exact) mass is 382 g/mol. The van der Waals surface area contributed by atoms with E-state index in [9.17, 15) is 9.59 Å². The zero-order valence-electron chi connectivity index (χ0n) is 15.9. The molecule has 3 aliphatic heterocycles. The maximum atomic E-state index is 12.6. The number of amides is 2. The summed E-state index contributed by atoms with van der Waals surface area (Å²) < 4.78 is 11.0. The van der Waals surface area contributed by atoms with E-state index in [1.807, 2.05) is 35.2 Å². The number of nitrogens with one attached hydrogen (secondary N) is 1. The molecule has 1 unspecified atom stereocenters. The maximum absolute atomic E-state index is 12.6. The van der Waals surface area contributed by atoms with E-state index in [1.165, 1.54) is 0 Å². The summed E-state index contributed by atoms with van der Waals surface area (Å²) in [5.41, 5.74) is 1.47. The van der Waals surface area contributed by atoms with Crippen LogP contribution in [0.15, 0.2) is 42.2 Å². The minimum Gasteiger partial charge on any atom is -0.464 e. The molecule has 1 aromatic carbocycles. The summed E-state index contributed by atoms with van der Waals surface area (Å²) in [5, 5.41) is 3.04. The summed E-state index contributed by atoms with van der Waals surface area (Å²) in [6.45, 7) is 2.79. The Morgan fingerprint density at radius 3 is 2.75 bits per heavy atom. The van der Waals surface area contributed by atoms with Crippen molar-refractivity contribution in [2.24, 2.45) is 5.92 Å². The first-order valence-electron chi connectivity index (χ1n) is 10.0. The van der Waals surface area contributed by atoms with Gasteiger partial charge in [0.05, 0.1) is 6.26 Å². The van der Waals surface area contributed by atoms with E-state index in [0.717, 1.165) is 50.1 Å². The highest BCUT2D eigenvalue weighted by molar-refractivity contribution is 6.01. The third-order valence-corrected chi connectivity index (χ3v) is 5.62. The van der Waals surface area contributed by atoms with E-state index >= 15 is 0 Å². The van der Waals surface area contributed by atoms with Gasteiger partial charge in [0.15, 0.2) is 0 Å². The van der Waals surface area contributed by atoms with Gasteiger partial charge < -0.3 is 19.7 Å². The van der Waals surface area contributed by atoms with Crippen molar-refractivity contribution in [2.75, 3.05) is 26.2 Å². The molecule has 3 aliphatic rings. The Balaban J connectivity index is 1.27. The number of likely N-dealkylation sites (tertiary alicyclic amines) is 1. The highest BCUT2D eigenvalue weighted by Crippen LogP contribution is 2.25. The summed E-state index contributed by atoms with van der Waals surface area (Å²) >= 11 is 0. The summed E-state index contributed by atoms with van der Waals surface area (Å²) in [4.78, 5) is 26.9. The maximum Gasteiger partial charge on any atom is 0.251 e. The van der Waals surface area contributed by atoms with Gasteiger partial charge >= 0.3 is 0 Å². The smallest absolute Gasteiger partial charge is 0.251 e. The zero-order chi connectivity index (χ0) is 19.3. The van der Waals surface area contributed by atoms with E-state index in [4.69, 9.17) is 9.47 Å². The molecule has 0 aliphatic carbocycles. The lowest BCUT2D eigenvalue weighted by Gasteiger charge is -2.33. The molecule has 2 amide bonds. The average Bonchev–Trinajstić information content (AvgIpc) is 3.18. The fourth-order valence-corrected chi connectivity index (χ4v) is 3.92. The van der Waals surface area contributed by atoms with Crippen LogP contribution < -0.4 is 10.1 Å². The van der Waals surface area contributed by atoms with Crippen LogP contribution >= 0.6 is 0 Å². The molecule has 2 saturated heterocycles. The van der Waals surface area contributed by atoms with Gasteiger partial charge in [-0.05, 0) is 49.8 Å². The molecule has 1 aromatic rings. The number of para-hydroxylation sites is 1. The highest BCUT2D eigenvalue weighted by atomic mass is 16.5. The second-order valence-corrected chi connectivity index (χ2v) is 7.54. The Morgan fingerprint density at radius 2 is 1.96 bits per heavy atom. The number of hydrogen-bond acceptors (Lipinski definition) is 4. The summed E-state index contributed by atoms with van der Waals surface area (Å²) in [5.74, 6) is 1.16. The first-order chi connectivity index (χ1) is 13.7. The van der Waals surface area contributed by atoms with Gasteiger partial charge in [-0.3, -0.25) is 9.59 Å². The lowest BCUT2D eigenvalue weighted by molar-refractivity contribution is -0.142. The highest BCUT2D eigenvalue weighted by Gasteiger charge is 2.30. The fraction of sp³-hybridized carbons (Fsp3) is 0.455. The van der Waals surface area contributed by atoms with Crippen LogP contribution in [0.3, 0.4) is 0 Å². The van der Waals surface area contributed by atoms with Crippen LogP contribution in [0.4, 0.5) is 0 Å². The molecule has 0 radical (unpaired) electrons. The quantitative estimate of drug-likeness (QED) is 0.869. The molecular weight excluding hydrogens is 356 g/mol. The van der Waals surface area contributed by atoms with Crippen molar-refractivity contribution in [3.8, 4) is 5.75 Å². The number of benzene rings is 1. The van der Waals surface area contributed by atoms with Crippen molar-refractivity contribution in [1.82, 2.24) is 10.2 Å². The molecule has 0 bridgehead atoms. The standard InChI is InChI=1S/C22H26N2O4/c25-21(18-9-13-28-19-5-2-1-4-17(19)14-18)23-15-16-7-10-24(11-8-16)22(26)20-6-3-12-27-20/h1-2,4-5,9,13-14,16,20H,3,6-8,10-12,15H2,(H,23,25). The molecule has 28 heavy (non-hydrogen) atoms. The average molecular weight is 382 g/mol. The molecule has 4 rings (SSSR count). The Hall–Kier alpha value is -2.60. The Kier molecular flexibility index (Phi) is 5.76. The van der Waals surface area contributed by atoms with Crippen molar-refractivity contribution in [2.45, 2.75) is 31.8 Å². The minimum atomic E-state index is -0.240. The third-order valence-electron chi connectivity index (χ3n) is 5.62. The molecule has 2 fully saturated rings. The molecule has 1 N–H and O–H groups in total. The number of carbonyl (C=O) groups excluding carboxylic acids is 2. The van der Waals surface area contributed by atoms with E-state index in [2.05, 4.69) is 5.32 Å². The lowest BCUT2D eigenvalue weighted by Crippen LogP contribution is -2.45. The number of rotatable bonds is 4. The topological polar surface area (TPSA) is 67.9 Å². The Morgan fingerprint density at radius 1 is 1.14 bits per heavy atom. The van der Waals surface area contributed by atoms with Gasteiger partial charge in [0, 0.05) is 37.4 Å². The van der Waals surface area contributed by atoms with Gasteiger partial charge in [-0.25, -0.2) is 0 Å². The van der Waals surface area contributed by atoms with Crippen molar-refractivity contribution < 1.29 is 19.1 Å². The van der Waals surface area contributed by atoms with E-state index in [0.29, 0.717) is 24.6 Å². The predicted octanol–water partition coefficient (Wildman–Crippen LogP) is 2.51. The van der Waals surface area contributed by atoms with Crippen LogP contribution in [0.1, 0.15) is 31.2 Å². The van der Waals surface area contributed by atoms with Crippen LogP contribution in [0.5, 0.6) is 5.75 Å². The second-order valence-electron chi connectivity index (χ2n) is 7.54. The van der Waals surface area contributed by atoms with Crippen molar-refractivity contribution in [3.63, 3.8) is 0 Å². The first-order valence-corrected chi connectivity index (χ1v) is 10.0.